The summed E-state index contributed by atoms with van der Waals surface area (Å²) < 4.78 is 24.1. The highest BCUT2D eigenvalue weighted by molar-refractivity contribution is 7.89. The van der Waals surface area contributed by atoms with Gasteiger partial charge in [-0.1, -0.05) is 13.8 Å². The van der Waals surface area contributed by atoms with Crippen LogP contribution < -0.4 is 10.9 Å². The first-order chi connectivity index (χ1) is 9.28. The second-order valence-corrected chi connectivity index (χ2v) is 6.98. The maximum Gasteiger partial charge on any atom is 0.209 e. The molecule has 0 aliphatic rings. The van der Waals surface area contributed by atoms with Crippen molar-refractivity contribution in [1.29, 1.82) is 0 Å². The molecular weight excluding hydrogens is 276 g/mol. The lowest BCUT2D eigenvalue weighted by Crippen LogP contribution is -2.18. The quantitative estimate of drug-likeness (QED) is 0.814. The van der Waals surface area contributed by atoms with Gasteiger partial charge in [0.2, 0.25) is 10.0 Å². The van der Waals surface area contributed by atoms with Crippen molar-refractivity contribution in [3.8, 4) is 0 Å². The van der Waals surface area contributed by atoms with Crippen LogP contribution in [0.25, 0.3) is 11.0 Å². The number of nitrogens with zero attached hydrogens (tertiary/aromatic N) is 2. The van der Waals surface area contributed by atoms with Gasteiger partial charge in [0.25, 0.3) is 0 Å². The van der Waals surface area contributed by atoms with Crippen molar-refractivity contribution in [2.45, 2.75) is 32.7 Å². The molecule has 0 aliphatic heterocycles. The van der Waals surface area contributed by atoms with Gasteiger partial charge in [-0.05, 0) is 24.6 Å². The molecule has 2 aromatic rings. The average Bonchev–Trinajstić information content (AvgIpc) is 2.66. The van der Waals surface area contributed by atoms with E-state index < -0.39 is 10.0 Å². The molecule has 0 spiro atoms. The molecule has 4 N–H and O–H groups in total. The van der Waals surface area contributed by atoms with Crippen molar-refractivity contribution in [1.82, 2.24) is 9.55 Å². The Balaban J connectivity index is 2.36. The third-order valence-electron chi connectivity index (χ3n) is 3.13. The van der Waals surface area contributed by atoms with Crippen LogP contribution in [0, 0.1) is 0 Å². The molecule has 2 rings (SSSR count). The van der Waals surface area contributed by atoms with Gasteiger partial charge in [0.15, 0.2) is 0 Å². The summed E-state index contributed by atoms with van der Waals surface area (Å²) in [5, 5.41) is 5.04. The number of anilines is 1. The lowest BCUT2D eigenvalue weighted by Gasteiger charge is -2.11. The van der Waals surface area contributed by atoms with Crippen LogP contribution in [-0.4, -0.2) is 23.7 Å². The highest BCUT2D eigenvalue weighted by Crippen LogP contribution is 2.23. The second kappa shape index (κ2) is 5.41. The van der Waals surface area contributed by atoms with E-state index in [1.165, 1.54) is 0 Å². The Hall–Kier alpha value is -1.60. The first kappa shape index (κ1) is 14.8. The minimum absolute atomic E-state index is 0.0286. The van der Waals surface area contributed by atoms with Crippen molar-refractivity contribution in [2.75, 3.05) is 11.5 Å². The fraction of sp³-hybridized carbons (Fsp3) is 0.462. The van der Waals surface area contributed by atoms with Gasteiger partial charge >= 0.3 is 0 Å². The standard InChI is InChI=1S/C13H20N4O2S/c1-9(2)13-16-11-8-10(14)4-5-12(11)17(13)6-3-7-20(15,18)19/h4-5,8-9H,3,6-7,14H2,1-2H3,(H2,15,18,19). The number of primary sulfonamides is 1. The lowest BCUT2D eigenvalue weighted by atomic mass is 10.2. The predicted octanol–water partition coefficient (Wildman–Crippen LogP) is 1.42. The predicted molar refractivity (Wildman–Crippen MR) is 80.8 cm³/mol. The fourth-order valence-corrected chi connectivity index (χ4v) is 2.80. The van der Waals surface area contributed by atoms with E-state index in [-0.39, 0.29) is 11.7 Å². The summed E-state index contributed by atoms with van der Waals surface area (Å²) >= 11 is 0. The maximum atomic E-state index is 11.0. The zero-order valence-electron chi connectivity index (χ0n) is 11.7. The van der Waals surface area contributed by atoms with Gasteiger partial charge in [0.1, 0.15) is 5.82 Å². The first-order valence-electron chi connectivity index (χ1n) is 6.54. The number of hydrogen-bond acceptors (Lipinski definition) is 4. The van der Waals surface area contributed by atoms with E-state index in [2.05, 4.69) is 18.8 Å². The van der Waals surface area contributed by atoms with Crippen LogP contribution in [-0.2, 0) is 16.6 Å². The Morgan fingerprint density at radius 3 is 2.65 bits per heavy atom. The summed E-state index contributed by atoms with van der Waals surface area (Å²) in [6, 6.07) is 5.57. The van der Waals surface area contributed by atoms with Crippen molar-refractivity contribution in [3.05, 3.63) is 24.0 Å². The SMILES string of the molecule is CC(C)c1nc2cc(N)ccc2n1CCCS(N)(=O)=O. The van der Waals surface area contributed by atoms with Crippen LogP contribution in [0.2, 0.25) is 0 Å². The minimum atomic E-state index is -3.42. The first-order valence-corrected chi connectivity index (χ1v) is 8.25. The number of sulfonamides is 1. The number of rotatable bonds is 5. The maximum absolute atomic E-state index is 11.0. The van der Waals surface area contributed by atoms with Crippen LogP contribution in [0.3, 0.4) is 0 Å². The van der Waals surface area contributed by atoms with Gasteiger partial charge in [-0.15, -0.1) is 0 Å². The van der Waals surface area contributed by atoms with Crippen molar-refractivity contribution in [3.63, 3.8) is 0 Å². The molecule has 1 aromatic heterocycles. The molecule has 0 saturated carbocycles. The number of imidazole rings is 1. The molecular formula is C13H20N4O2S. The van der Waals surface area contributed by atoms with E-state index in [0.29, 0.717) is 18.7 Å². The van der Waals surface area contributed by atoms with Crippen molar-refractivity contribution < 1.29 is 8.42 Å². The number of hydrogen-bond donors (Lipinski definition) is 2. The molecule has 110 valence electrons. The van der Waals surface area contributed by atoms with E-state index in [9.17, 15) is 8.42 Å². The summed E-state index contributed by atoms with van der Waals surface area (Å²) in [6.07, 6.45) is 0.467. The number of aryl methyl sites for hydroxylation is 1. The summed E-state index contributed by atoms with van der Waals surface area (Å²) in [6.45, 7) is 4.69. The van der Waals surface area contributed by atoms with Crippen LogP contribution in [0.1, 0.15) is 32.0 Å². The number of aromatic nitrogens is 2. The highest BCUT2D eigenvalue weighted by atomic mass is 32.2. The highest BCUT2D eigenvalue weighted by Gasteiger charge is 2.14. The van der Waals surface area contributed by atoms with E-state index >= 15 is 0 Å². The molecule has 0 radical (unpaired) electrons. The molecule has 0 amide bonds. The van der Waals surface area contributed by atoms with Crippen molar-refractivity contribution in [2.24, 2.45) is 5.14 Å². The molecule has 0 bridgehead atoms. The average molecular weight is 296 g/mol. The lowest BCUT2D eigenvalue weighted by molar-refractivity contribution is 0.582. The molecule has 0 aliphatic carbocycles. The number of nitrogens with two attached hydrogens (primary N) is 2. The Morgan fingerprint density at radius 2 is 2.05 bits per heavy atom. The number of benzene rings is 1. The Kier molecular flexibility index (Phi) is 4.01. The van der Waals surface area contributed by atoms with E-state index in [4.69, 9.17) is 10.9 Å². The van der Waals surface area contributed by atoms with Crippen LogP contribution in [0.15, 0.2) is 18.2 Å². The van der Waals surface area contributed by atoms with Gasteiger partial charge < -0.3 is 10.3 Å². The number of nitrogen functional groups attached to an aromatic ring is 1. The van der Waals surface area contributed by atoms with Crippen LogP contribution in [0.4, 0.5) is 5.69 Å². The monoisotopic (exact) mass is 296 g/mol. The summed E-state index contributed by atoms with van der Waals surface area (Å²) in [7, 11) is -3.42. The molecule has 6 nitrogen and oxygen atoms in total. The Morgan fingerprint density at radius 1 is 1.35 bits per heavy atom. The van der Waals surface area contributed by atoms with Gasteiger partial charge in [-0.25, -0.2) is 18.5 Å². The molecule has 1 aromatic carbocycles. The van der Waals surface area contributed by atoms with Crippen LogP contribution >= 0.6 is 0 Å². The molecule has 0 fully saturated rings. The zero-order valence-corrected chi connectivity index (χ0v) is 12.5. The zero-order chi connectivity index (χ0) is 14.9. The summed E-state index contributed by atoms with van der Waals surface area (Å²) in [4.78, 5) is 4.59. The smallest absolute Gasteiger partial charge is 0.209 e. The molecule has 0 saturated heterocycles. The normalized spacial score (nSPS) is 12.4. The summed E-state index contributed by atoms with van der Waals surface area (Å²) in [5.74, 6) is 1.15. The number of fused-ring (bicyclic) bond motifs is 1. The van der Waals surface area contributed by atoms with Gasteiger partial charge in [0, 0.05) is 18.2 Å². The summed E-state index contributed by atoms with van der Waals surface area (Å²) in [5.41, 5.74) is 8.25. The molecule has 0 unspecified atom stereocenters. The molecule has 1 heterocycles. The fourth-order valence-electron chi connectivity index (χ4n) is 2.27. The minimum Gasteiger partial charge on any atom is -0.399 e. The third-order valence-corrected chi connectivity index (χ3v) is 3.99. The van der Waals surface area contributed by atoms with Gasteiger partial charge in [0.05, 0.1) is 16.8 Å². The van der Waals surface area contributed by atoms with Crippen LogP contribution in [0.5, 0.6) is 0 Å². The van der Waals surface area contributed by atoms with Crippen molar-refractivity contribution >= 4 is 26.7 Å². The molecule has 20 heavy (non-hydrogen) atoms. The van der Waals surface area contributed by atoms with E-state index in [0.717, 1.165) is 16.9 Å². The third kappa shape index (κ3) is 3.29. The van der Waals surface area contributed by atoms with E-state index in [1.807, 2.05) is 22.8 Å². The van der Waals surface area contributed by atoms with Gasteiger partial charge in [-0.2, -0.15) is 0 Å². The Labute approximate surface area is 118 Å². The molecule has 7 heteroatoms. The van der Waals surface area contributed by atoms with Gasteiger partial charge in [-0.3, -0.25) is 0 Å². The second-order valence-electron chi connectivity index (χ2n) is 5.25. The topological polar surface area (TPSA) is 104 Å². The van der Waals surface area contributed by atoms with E-state index in [1.54, 1.807) is 0 Å². The largest absolute Gasteiger partial charge is 0.399 e. The molecule has 0 atom stereocenters. The Bertz CT molecular complexity index is 719.